The SMILES string of the molecule is O=C(CSc1ccc(F)cc1F)Nc1ccc2c(c1)OCCCO2. The number of hydrogen-bond acceptors (Lipinski definition) is 4. The molecule has 0 fully saturated rings. The van der Waals surface area contributed by atoms with Gasteiger partial charge in [0.2, 0.25) is 5.91 Å². The van der Waals surface area contributed by atoms with Crippen LogP contribution < -0.4 is 14.8 Å². The van der Waals surface area contributed by atoms with Crippen molar-refractivity contribution in [2.24, 2.45) is 0 Å². The summed E-state index contributed by atoms with van der Waals surface area (Å²) in [6.45, 7) is 1.16. The molecule has 1 amide bonds. The fourth-order valence-corrected chi connectivity index (χ4v) is 2.89. The standard InChI is InChI=1S/C17H15F2NO3S/c18-11-2-5-16(13(19)8-11)24-10-17(21)20-12-3-4-14-15(9-12)23-7-1-6-22-14/h2-5,8-9H,1,6-7,10H2,(H,20,21). The first-order valence-corrected chi connectivity index (χ1v) is 8.38. The van der Waals surface area contributed by atoms with E-state index in [-0.39, 0.29) is 16.6 Å². The summed E-state index contributed by atoms with van der Waals surface area (Å²) >= 11 is 1.01. The third-order valence-corrected chi connectivity index (χ3v) is 4.33. The normalized spacial score (nSPS) is 13.2. The lowest BCUT2D eigenvalue weighted by atomic mass is 10.2. The van der Waals surface area contributed by atoms with Crippen LogP contribution in [0.2, 0.25) is 0 Å². The van der Waals surface area contributed by atoms with E-state index in [0.29, 0.717) is 30.4 Å². The lowest BCUT2D eigenvalue weighted by Crippen LogP contribution is -2.14. The van der Waals surface area contributed by atoms with Gasteiger partial charge in [0, 0.05) is 29.1 Å². The molecule has 24 heavy (non-hydrogen) atoms. The van der Waals surface area contributed by atoms with E-state index in [4.69, 9.17) is 9.47 Å². The molecule has 2 aromatic carbocycles. The highest BCUT2D eigenvalue weighted by molar-refractivity contribution is 8.00. The molecule has 0 saturated heterocycles. The Morgan fingerprint density at radius 2 is 1.88 bits per heavy atom. The lowest BCUT2D eigenvalue weighted by molar-refractivity contribution is -0.113. The molecule has 0 aliphatic carbocycles. The molecule has 126 valence electrons. The minimum absolute atomic E-state index is 0.0109. The summed E-state index contributed by atoms with van der Waals surface area (Å²) in [5.41, 5.74) is 0.574. The van der Waals surface area contributed by atoms with Gasteiger partial charge in [0.05, 0.1) is 19.0 Å². The number of ether oxygens (including phenoxy) is 2. The van der Waals surface area contributed by atoms with E-state index in [2.05, 4.69) is 5.32 Å². The predicted molar refractivity (Wildman–Crippen MR) is 87.8 cm³/mol. The van der Waals surface area contributed by atoms with Crippen LogP contribution in [-0.4, -0.2) is 24.9 Å². The second-order valence-electron chi connectivity index (χ2n) is 5.12. The number of amides is 1. The zero-order valence-corrected chi connectivity index (χ0v) is 13.5. The molecule has 1 heterocycles. The molecule has 0 bridgehead atoms. The van der Waals surface area contributed by atoms with Crippen LogP contribution in [0.5, 0.6) is 11.5 Å². The maximum atomic E-state index is 13.5. The summed E-state index contributed by atoms with van der Waals surface area (Å²) < 4.78 is 37.5. The van der Waals surface area contributed by atoms with Crippen LogP contribution in [0, 0.1) is 11.6 Å². The van der Waals surface area contributed by atoms with Gasteiger partial charge >= 0.3 is 0 Å². The number of carbonyl (C=O) groups excluding carboxylic acids is 1. The third-order valence-electron chi connectivity index (χ3n) is 3.28. The van der Waals surface area contributed by atoms with Crippen LogP contribution >= 0.6 is 11.8 Å². The average Bonchev–Trinajstić information content (AvgIpc) is 2.79. The predicted octanol–water partition coefficient (Wildman–Crippen LogP) is 3.86. The van der Waals surface area contributed by atoms with Crippen molar-refractivity contribution in [1.29, 1.82) is 0 Å². The van der Waals surface area contributed by atoms with Gasteiger partial charge < -0.3 is 14.8 Å². The number of fused-ring (bicyclic) bond motifs is 1. The minimum Gasteiger partial charge on any atom is -0.490 e. The number of hydrogen-bond donors (Lipinski definition) is 1. The maximum absolute atomic E-state index is 13.5. The summed E-state index contributed by atoms with van der Waals surface area (Å²) in [6, 6.07) is 8.42. The zero-order valence-electron chi connectivity index (χ0n) is 12.7. The fraction of sp³-hybridized carbons (Fsp3) is 0.235. The molecular formula is C17H15F2NO3S. The number of nitrogens with one attached hydrogen (secondary N) is 1. The van der Waals surface area contributed by atoms with Gasteiger partial charge in [-0.3, -0.25) is 4.79 Å². The first-order chi connectivity index (χ1) is 11.6. The van der Waals surface area contributed by atoms with Gasteiger partial charge in [0.25, 0.3) is 0 Å². The van der Waals surface area contributed by atoms with Crippen LogP contribution in [0.1, 0.15) is 6.42 Å². The van der Waals surface area contributed by atoms with Crippen molar-refractivity contribution in [2.45, 2.75) is 11.3 Å². The molecule has 0 atom stereocenters. The van der Waals surface area contributed by atoms with E-state index < -0.39 is 11.6 Å². The molecule has 0 aromatic heterocycles. The molecule has 7 heteroatoms. The van der Waals surface area contributed by atoms with Gasteiger partial charge in [0.1, 0.15) is 11.6 Å². The van der Waals surface area contributed by atoms with Gasteiger partial charge in [-0.2, -0.15) is 0 Å². The van der Waals surface area contributed by atoms with Crippen LogP contribution in [0.4, 0.5) is 14.5 Å². The third kappa shape index (κ3) is 4.17. The molecule has 0 saturated carbocycles. The Morgan fingerprint density at radius 3 is 2.67 bits per heavy atom. The minimum atomic E-state index is -0.677. The first kappa shape index (κ1) is 16.6. The highest BCUT2D eigenvalue weighted by Crippen LogP contribution is 2.32. The van der Waals surface area contributed by atoms with Crippen molar-refractivity contribution >= 4 is 23.4 Å². The second-order valence-corrected chi connectivity index (χ2v) is 6.14. The van der Waals surface area contributed by atoms with Crippen LogP contribution in [-0.2, 0) is 4.79 Å². The van der Waals surface area contributed by atoms with Gasteiger partial charge in [-0.1, -0.05) is 0 Å². The molecule has 1 N–H and O–H groups in total. The first-order valence-electron chi connectivity index (χ1n) is 7.39. The van der Waals surface area contributed by atoms with Crippen molar-refractivity contribution in [1.82, 2.24) is 0 Å². The summed E-state index contributed by atoms with van der Waals surface area (Å²) in [7, 11) is 0. The Kier molecular flexibility index (Phi) is 5.20. The van der Waals surface area contributed by atoms with Crippen molar-refractivity contribution in [3.63, 3.8) is 0 Å². The van der Waals surface area contributed by atoms with Gasteiger partial charge in [-0.15, -0.1) is 11.8 Å². The maximum Gasteiger partial charge on any atom is 0.234 e. The summed E-state index contributed by atoms with van der Waals surface area (Å²) in [5, 5.41) is 2.72. The monoisotopic (exact) mass is 351 g/mol. The van der Waals surface area contributed by atoms with Crippen LogP contribution in [0.25, 0.3) is 0 Å². The largest absolute Gasteiger partial charge is 0.490 e. The Morgan fingerprint density at radius 1 is 1.08 bits per heavy atom. The highest BCUT2D eigenvalue weighted by Gasteiger charge is 2.13. The molecule has 2 aromatic rings. The quantitative estimate of drug-likeness (QED) is 0.850. The number of halogens is 2. The van der Waals surface area contributed by atoms with Gasteiger partial charge in [0.15, 0.2) is 11.5 Å². The van der Waals surface area contributed by atoms with Crippen LogP contribution in [0.15, 0.2) is 41.3 Å². The molecule has 0 radical (unpaired) electrons. The average molecular weight is 351 g/mol. The number of thioether (sulfide) groups is 1. The second kappa shape index (κ2) is 7.53. The van der Waals surface area contributed by atoms with E-state index in [1.807, 2.05) is 0 Å². The fourth-order valence-electron chi connectivity index (χ4n) is 2.17. The molecule has 0 unspecified atom stereocenters. The van der Waals surface area contributed by atoms with Crippen LogP contribution in [0.3, 0.4) is 0 Å². The molecule has 4 nitrogen and oxygen atoms in total. The van der Waals surface area contributed by atoms with Crippen molar-refractivity contribution in [3.8, 4) is 11.5 Å². The van der Waals surface area contributed by atoms with Gasteiger partial charge in [-0.05, 0) is 24.3 Å². The molecule has 1 aliphatic heterocycles. The number of anilines is 1. The Bertz CT molecular complexity index is 755. The number of carbonyl (C=O) groups is 1. The summed E-state index contributed by atoms with van der Waals surface area (Å²) in [4.78, 5) is 12.2. The molecular weight excluding hydrogens is 336 g/mol. The van der Waals surface area contributed by atoms with E-state index >= 15 is 0 Å². The van der Waals surface area contributed by atoms with E-state index in [1.54, 1.807) is 18.2 Å². The van der Waals surface area contributed by atoms with E-state index in [1.165, 1.54) is 6.07 Å². The van der Waals surface area contributed by atoms with Crippen molar-refractivity contribution in [3.05, 3.63) is 48.0 Å². The number of rotatable bonds is 4. The van der Waals surface area contributed by atoms with Gasteiger partial charge in [-0.25, -0.2) is 8.78 Å². The molecule has 1 aliphatic rings. The number of benzene rings is 2. The Hall–Kier alpha value is -2.28. The summed E-state index contributed by atoms with van der Waals surface area (Å²) in [5.74, 6) is -0.373. The highest BCUT2D eigenvalue weighted by atomic mass is 32.2. The molecule has 0 spiro atoms. The smallest absolute Gasteiger partial charge is 0.234 e. The Labute approximate surface area is 142 Å². The summed E-state index contributed by atoms with van der Waals surface area (Å²) in [6.07, 6.45) is 0.802. The molecule has 3 rings (SSSR count). The van der Waals surface area contributed by atoms with Crippen molar-refractivity contribution < 1.29 is 23.0 Å². The topological polar surface area (TPSA) is 47.6 Å². The zero-order chi connectivity index (χ0) is 16.9. The van der Waals surface area contributed by atoms with E-state index in [0.717, 1.165) is 30.3 Å². The lowest BCUT2D eigenvalue weighted by Gasteiger charge is -2.10. The van der Waals surface area contributed by atoms with E-state index in [9.17, 15) is 13.6 Å². The van der Waals surface area contributed by atoms with Crippen molar-refractivity contribution in [2.75, 3.05) is 24.3 Å². The Balaban J connectivity index is 1.59.